The second kappa shape index (κ2) is 10.9. The molecule has 0 saturated carbocycles. The Labute approximate surface area is 196 Å². The molecule has 1 unspecified atom stereocenters. The Morgan fingerprint density at radius 3 is 2.12 bits per heavy atom. The number of piperidine rings is 1. The second-order valence-electron chi connectivity index (χ2n) is 8.50. The van der Waals surface area contributed by atoms with Crippen molar-refractivity contribution >= 4 is 15.9 Å². The Morgan fingerprint density at radius 1 is 0.939 bits per heavy atom. The van der Waals surface area contributed by atoms with E-state index >= 15 is 0 Å². The molecule has 4 rings (SSSR count). The SMILES string of the molecule is NS(=O)(=O)Nc1ccc(CCN2CCCC(OC(c3ccccc3)c3ccccc3)C2)cc1. The van der Waals surface area contributed by atoms with Crippen molar-refractivity contribution in [3.8, 4) is 0 Å². The first-order chi connectivity index (χ1) is 16.0. The summed E-state index contributed by atoms with van der Waals surface area (Å²) in [4.78, 5) is 2.46. The molecule has 7 heteroatoms. The summed E-state index contributed by atoms with van der Waals surface area (Å²) in [6, 6.07) is 28.2. The molecule has 3 aromatic rings. The second-order valence-corrected chi connectivity index (χ2v) is 9.79. The van der Waals surface area contributed by atoms with Crippen molar-refractivity contribution < 1.29 is 13.2 Å². The van der Waals surface area contributed by atoms with Gasteiger partial charge in [-0.25, -0.2) is 5.14 Å². The third kappa shape index (κ3) is 7.14. The number of benzene rings is 3. The molecule has 1 aliphatic rings. The van der Waals surface area contributed by atoms with Gasteiger partial charge in [0.1, 0.15) is 6.10 Å². The van der Waals surface area contributed by atoms with Crippen LogP contribution in [0.3, 0.4) is 0 Å². The molecule has 1 fully saturated rings. The Kier molecular flexibility index (Phi) is 7.77. The number of nitrogens with one attached hydrogen (secondary N) is 1. The molecule has 0 bridgehead atoms. The van der Waals surface area contributed by atoms with Gasteiger partial charge in [0, 0.05) is 18.8 Å². The maximum absolute atomic E-state index is 11.2. The van der Waals surface area contributed by atoms with E-state index in [0.717, 1.165) is 44.5 Å². The molecule has 3 N–H and O–H groups in total. The van der Waals surface area contributed by atoms with Crippen molar-refractivity contribution in [1.29, 1.82) is 0 Å². The standard InChI is InChI=1S/C26H31N3O3S/c27-33(30,31)28-24-15-13-21(14-16-24)17-19-29-18-7-12-25(20-29)32-26(22-8-3-1-4-9-22)23-10-5-2-6-11-23/h1-6,8-11,13-16,25-26,28H,7,12,17-20H2,(H2,27,30,31). The third-order valence-corrected chi connectivity index (χ3v) is 6.45. The van der Waals surface area contributed by atoms with Gasteiger partial charge in [0.15, 0.2) is 0 Å². The highest BCUT2D eigenvalue weighted by Gasteiger charge is 2.25. The van der Waals surface area contributed by atoms with Crippen molar-refractivity contribution in [3.63, 3.8) is 0 Å². The van der Waals surface area contributed by atoms with Crippen molar-refractivity contribution in [2.45, 2.75) is 31.5 Å². The summed E-state index contributed by atoms with van der Waals surface area (Å²) >= 11 is 0. The lowest BCUT2D eigenvalue weighted by molar-refractivity contribution is -0.0330. The van der Waals surface area contributed by atoms with Gasteiger partial charge < -0.3 is 9.64 Å². The topological polar surface area (TPSA) is 84.7 Å². The van der Waals surface area contributed by atoms with Gasteiger partial charge in [-0.15, -0.1) is 0 Å². The third-order valence-electron chi connectivity index (χ3n) is 5.93. The lowest BCUT2D eigenvalue weighted by Gasteiger charge is -2.35. The Hall–Kier alpha value is -2.71. The summed E-state index contributed by atoms with van der Waals surface area (Å²) in [5.41, 5.74) is 3.98. The first-order valence-corrected chi connectivity index (χ1v) is 12.9. The molecule has 174 valence electrons. The molecule has 6 nitrogen and oxygen atoms in total. The van der Waals surface area contributed by atoms with Gasteiger partial charge in [-0.2, -0.15) is 8.42 Å². The highest BCUT2D eigenvalue weighted by molar-refractivity contribution is 7.90. The van der Waals surface area contributed by atoms with Gasteiger partial charge in [-0.3, -0.25) is 4.72 Å². The van der Waals surface area contributed by atoms with Crippen molar-refractivity contribution in [1.82, 2.24) is 4.90 Å². The summed E-state index contributed by atoms with van der Waals surface area (Å²) in [7, 11) is -3.75. The van der Waals surface area contributed by atoms with E-state index in [0.29, 0.717) is 5.69 Å². The smallest absolute Gasteiger partial charge is 0.296 e. The molecular weight excluding hydrogens is 434 g/mol. The number of ether oxygens (including phenoxy) is 1. The minimum atomic E-state index is -3.75. The van der Waals surface area contributed by atoms with Crippen LogP contribution in [0.5, 0.6) is 0 Å². The van der Waals surface area contributed by atoms with E-state index in [1.165, 1.54) is 11.1 Å². The van der Waals surface area contributed by atoms with Crippen molar-refractivity contribution in [3.05, 3.63) is 102 Å². The zero-order valence-corrected chi connectivity index (χ0v) is 19.5. The largest absolute Gasteiger partial charge is 0.364 e. The molecule has 1 heterocycles. The van der Waals surface area contributed by atoms with Gasteiger partial charge in [0.2, 0.25) is 0 Å². The molecule has 1 aliphatic heterocycles. The van der Waals surface area contributed by atoms with Gasteiger partial charge in [-0.05, 0) is 54.6 Å². The van der Waals surface area contributed by atoms with Crippen molar-refractivity contribution in [2.24, 2.45) is 5.14 Å². The van der Waals surface area contributed by atoms with Crippen LogP contribution in [-0.4, -0.2) is 39.1 Å². The van der Waals surface area contributed by atoms with Gasteiger partial charge in [0.25, 0.3) is 10.2 Å². The van der Waals surface area contributed by atoms with E-state index < -0.39 is 10.2 Å². The molecule has 3 aromatic carbocycles. The maximum atomic E-state index is 11.2. The summed E-state index contributed by atoms with van der Waals surface area (Å²) < 4.78 is 31.3. The first-order valence-electron chi connectivity index (χ1n) is 11.3. The number of hydrogen-bond donors (Lipinski definition) is 2. The predicted octanol–water partition coefficient (Wildman–Crippen LogP) is 4.12. The van der Waals surface area contributed by atoms with E-state index in [9.17, 15) is 8.42 Å². The van der Waals surface area contributed by atoms with Gasteiger partial charge in [0.05, 0.1) is 6.10 Å². The minimum absolute atomic E-state index is 0.0729. The number of nitrogens with zero attached hydrogens (tertiary/aromatic N) is 1. The minimum Gasteiger partial charge on any atom is -0.364 e. The molecule has 1 saturated heterocycles. The number of rotatable bonds is 9. The molecular formula is C26H31N3O3S. The molecule has 1 atom stereocenters. The average molecular weight is 466 g/mol. The molecule has 0 aliphatic carbocycles. The van der Waals surface area contributed by atoms with Crippen LogP contribution < -0.4 is 9.86 Å². The Morgan fingerprint density at radius 2 is 1.55 bits per heavy atom. The van der Waals surface area contributed by atoms with Crippen LogP contribution >= 0.6 is 0 Å². The quantitative estimate of drug-likeness (QED) is 0.498. The van der Waals surface area contributed by atoms with Crippen LogP contribution in [-0.2, 0) is 21.4 Å². The first kappa shape index (κ1) is 23.4. The van der Waals surface area contributed by atoms with Crippen LogP contribution in [0.1, 0.15) is 35.6 Å². The summed E-state index contributed by atoms with van der Waals surface area (Å²) in [6.45, 7) is 2.90. The fourth-order valence-corrected chi connectivity index (χ4v) is 4.78. The number of hydrogen-bond acceptors (Lipinski definition) is 4. The van der Waals surface area contributed by atoms with E-state index in [2.05, 4.69) is 58.2 Å². The van der Waals surface area contributed by atoms with E-state index in [1.807, 2.05) is 24.3 Å². The maximum Gasteiger partial charge on any atom is 0.296 e. The average Bonchev–Trinajstić information content (AvgIpc) is 2.82. The lowest BCUT2D eigenvalue weighted by atomic mass is 10.00. The van der Waals surface area contributed by atoms with E-state index in [-0.39, 0.29) is 12.2 Å². The van der Waals surface area contributed by atoms with Crippen LogP contribution in [0.2, 0.25) is 0 Å². The zero-order chi connectivity index (χ0) is 23.1. The number of nitrogens with two attached hydrogens (primary N) is 1. The van der Waals surface area contributed by atoms with Crippen molar-refractivity contribution in [2.75, 3.05) is 24.4 Å². The van der Waals surface area contributed by atoms with Gasteiger partial charge in [-0.1, -0.05) is 72.8 Å². The molecule has 0 radical (unpaired) electrons. The highest BCUT2D eigenvalue weighted by Crippen LogP contribution is 2.29. The predicted molar refractivity (Wildman–Crippen MR) is 132 cm³/mol. The summed E-state index contributed by atoms with van der Waals surface area (Å²) in [5.74, 6) is 0. The number of anilines is 1. The normalized spacial score (nSPS) is 17.2. The molecule has 0 spiro atoms. The Bertz CT molecular complexity index is 1070. The monoisotopic (exact) mass is 465 g/mol. The van der Waals surface area contributed by atoms with E-state index in [1.54, 1.807) is 12.1 Å². The van der Waals surface area contributed by atoms with Gasteiger partial charge >= 0.3 is 0 Å². The highest BCUT2D eigenvalue weighted by atomic mass is 32.2. The molecule has 33 heavy (non-hydrogen) atoms. The fraction of sp³-hybridized carbons (Fsp3) is 0.308. The summed E-state index contributed by atoms with van der Waals surface area (Å²) in [6.07, 6.45) is 3.16. The van der Waals surface area contributed by atoms with Crippen LogP contribution in [0.25, 0.3) is 0 Å². The summed E-state index contributed by atoms with van der Waals surface area (Å²) in [5, 5.41) is 5.03. The molecule has 0 amide bonds. The molecule has 0 aromatic heterocycles. The lowest BCUT2D eigenvalue weighted by Crippen LogP contribution is -2.41. The van der Waals surface area contributed by atoms with Crippen LogP contribution in [0.4, 0.5) is 5.69 Å². The van der Waals surface area contributed by atoms with E-state index in [4.69, 9.17) is 9.88 Å². The van der Waals surface area contributed by atoms with Crippen LogP contribution in [0.15, 0.2) is 84.9 Å². The van der Waals surface area contributed by atoms with Crippen LogP contribution in [0, 0.1) is 0 Å². The fourth-order valence-electron chi connectivity index (χ4n) is 4.32. The zero-order valence-electron chi connectivity index (χ0n) is 18.6. The number of likely N-dealkylation sites (tertiary alicyclic amines) is 1. The Balaban J connectivity index is 1.36.